The van der Waals surface area contributed by atoms with Crippen LogP contribution in [0.25, 0.3) is 0 Å². The quantitative estimate of drug-likeness (QED) is 0.707. The van der Waals surface area contributed by atoms with Crippen molar-refractivity contribution < 1.29 is 9.53 Å². The van der Waals surface area contributed by atoms with Gasteiger partial charge in [0.05, 0.1) is 0 Å². The zero-order chi connectivity index (χ0) is 11.1. The second-order valence-corrected chi connectivity index (χ2v) is 4.30. The summed E-state index contributed by atoms with van der Waals surface area (Å²) in [7, 11) is 0. The molecule has 2 N–H and O–H groups in total. The lowest BCUT2D eigenvalue weighted by molar-refractivity contribution is -0.120. The molecule has 88 valence electrons. The van der Waals surface area contributed by atoms with Crippen LogP contribution < -0.4 is 10.6 Å². The Hall–Kier alpha value is -0.610. The molecule has 4 heteroatoms. The van der Waals surface area contributed by atoms with Crippen LogP contribution in [0.3, 0.4) is 0 Å². The van der Waals surface area contributed by atoms with Gasteiger partial charge in [0.15, 0.2) is 0 Å². The second-order valence-electron chi connectivity index (χ2n) is 4.30. The molecule has 0 aromatic carbocycles. The maximum absolute atomic E-state index is 11.2. The Morgan fingerprint density at radius 2 is 2.07 bits per heavy atom. The van der Waals surface area contributed by atoms with Crippen molar-refractivity contribution in [1.29, 1.82) is 0 Å². The van der Waals surface area contributed by atoms with E-state index in [0.29, 0.717) is 13.0 Å². The maximum atomic E-state index is 11.2. The summed E-state index contributed by atoms with van der Waals surface area (Å²) in [6.07, 6.45) is 2.62. The van der Waals surface area contributed by atoms with Crippen molar-refractivity contribution in [3.63, 3.8) is 0 Å². The summed E-state index contributed by atoms with van der Waals surface area (Å²) in [6.45, 7) is 7.25. The Kier molecular flexibility index (Phi) is 5.05. The molecule has 1 saturated heterocycles. The van der Waals surface area contributed by atoms with Crippen molar-refractivity contribution in [2.75, 3.05) is 26.3 Å². The second kappa shape index (κ2) is 6.08. The van der Waals surface area contributed by atoms with Crippen LogP contribution in [0.15, 0.2) is 0 Å². The first-order valence-corrected chi connectivity index (χ1v) is 5.76. The highest BCUT2D eigenvalue weighted by Crippen LogP contribution is 2.19. The van der Waals surface area contributed by atoms with E-state index in [1.165, 1.54) is 0 Å². The fraction of sp³-hybridized carbons (Fsp3) is 0.909. The zero-order valence-corrected chi connectivity index (χ0v) is 9.77. The Bertz CT molecular complexity index is 201. The van der Waals surface area contributed by atoms with Crippen molar-refractivity contribution in [3.8, 4) is 0 Å². The van der Waals surface area contributed by atoms with Gasteiger partial charge < -0.3 is 15.4 Å². The molecular weight excluding hydrogens is 192 g/mol. The van der Waals surface area contributed by atoms with Gasteiger partial charge in [-0.05, 0) is 26.7 Å². The van der Waals surface area contributed by atoms with Gasteiger partial charge in [-0.15, -0.1) is 0 Å². The summed E-state index contributed by atoms with van der Waals surface area (Å²) in [5, 5.41) is 6.24. The standard InChI is InChI=1S/C11H22N2O2/c1-3-12-10(14)4-7-13-11(2)5-8-15-9-6-11/h13H,3-9H2,1-2H3,(H,12,14). The molecule has 0 spiro atoms. The van der Waals surface area contributed by atoms with Crippen LogP contribution in [0.1, 0.15) is 33.1 Å². The van der Waals surface area contributed by atoms with Gasteiger partial charge >= 0.3 is 0 Å². The molecule has 1 heterocycles. The highest BCUT2D eigenvalue weighted by Gasteiger charge is 2.26. The van der Waals surface area contributed by atoms with Crippen molar-refractivity contribution in [2.45, 2.75) is 38.6 Å². The van der Waals surface area contributed by atoms with Crippen LogP contribution in [-0.4, -0.2) is 37.7 Å². The van der Waals surface area contributed by atoms with Crippen molar-refractivity contribution in [2.24, 2.45) is 0 Å². The predicted octanol–water partition coefficient (Wildman–Crippen LogP) is 0.671. The van der Waals surface area contributed by atoms with Crippen LogP contribution in [-0.2, 0) is 9.53 Å². The van der Waals surface area contributed by atoms with Gasteiger partial charge in [-0.2, -0.15) is 0 Å². The van der Waals surface area contributed by atoms with Gasteiger partial charge in [-0.3, -0.25) is 4.79 Å². The lowest BCUT2D eigenvalue weighted by atomic mass is 9.92. The molecule has 0 aromatic rings. The first-order chi connectivity index (χ1) is 7.16. The van der Waals surface area contributed by atoms with E-state index in [9.17, 15) is 4.79 Å². The summed E-state index contributed by atoms with van der Waals surface area (Å²) < 4.78 is 5.31. The highest BCUT2D eigenvalue weighted by molar-refractivity contribution is 5.75. The van der Waals surface area contributed by atoms with Gasteiger partial charge in [-0.25, -0.2) is 0 Å². The Morgan fingerprint density at radius 1 is 1.40 bits per heavy atom. The number of carbonyl (C=O) groups is 1. The molecular formula is C11H22N2O2. The van der Waals surface area contributed by atoms with Gasteiger partial charge in [-0.1, -0.05) is 0 Å². The molecule has 0 saturated carbocycles. The number of hydrogen-bond acceptors (Lipinski definition) is 3. The molecule has 0 unspecified atom stereocenters. The van der Waals surface area contributed by atoms with Crippen LogP contribution >= 0.6 is 0 Å². The molecule has 0 bridgehead atoms. The van der Waals surface area contributed by atoms with Gasteiger partial charge in [0.25, 0.3) is 0 Å². The van der Waals surface area contributed by atoms with Gasteiger partial charge in [0.1, 0.15) is 0 Å². The van der Waals surface area contributed by atoms with Crippen molar-refractivity contribution >= 4 is 5.91 Å². The maximum Gasteiger partial charge on any atom is 0.221 e. The normalized spacial score (nSPS) is 19.9. The van der Waals surface area contributed by atoms with Gasteiger partial charge in [0.2, 0.25) is 5.91 Å². The molecule has 0 radical (unpaired) electrons. The molecule has 1 aliphatic rings. The van der Waals surface area contributed by atoms with Crippen LogP contribution in [0, 0.1) is 0 Å². The van der Waals surface area contributed by atoms with Crippen LogP contribution in [0.2, 0.25) is 0 Å². The van der Waals surface area contributed by atoms with E-state index in [1.54, 1.807) is 0 Å². The number of amides is 1. The largest absolute Gasteiger partial charge is 0.381 e. The summed E-state index contributed by atoms with van der Waals surface area (Å²) in [6, 6.07) is 0. The molecule has 0 atom stereocenters. The molecule has 0 aliphatic carbocycles. The van der Waals surface area contributed by atoms with Crippen molar-refractivity contribution in [1.82, 2.24) is 10.6 Å². The molecule has 1 amide bonds. The topological polar surface area (TPSA) is 50.4 Å². The fourth-order valence-corrected chi connectivity index (χ4v) is 1.76. The minimum atomic E-state index is 0.126. The Morgan fingerprint density at radius 3 is 2.67 bits per heavy atom. The SMILES string of the molecule is CCNC(=O)CCNC1(C)CCOCC1. The number of nitrogens with one attached hydrogen (secondary N) is 2. The third-order valence-electron chi connectivity index (χ3n) is 2.87. The number of hydrogen-bond donors (Lipinski definition) is 2. The summed E-state index contributed by atoms with van der Waals surface area (Å²) in [5.41, 5.74) is 0.157. The smallest absolute Gasteiger partial charge is 0.221 e. The molecule has 1 fully saturated rings. The number of carbonyl (C=O) groups excluding carboxylic acids is 1. The highest BCUT2D eigenvalue weighted by atomic mass is 16.5. The number of rotatable bonds is 5. The Balaban J connectivity index is 2.15. The van der Waals surface area contributed by atoms with Crippen LogP contribution in [0.5, 0.6) is 0 Å². The van der Waals surface area contributed by atoms with E-state index < -0.39 is 0 Å². The summed E-state index contributed by atoms with van der Waals surface area (Å²) in [5.74, 6) is 0.126. The third kappa shape index (κ3) is 4.62. The van der Waals surface area contributed by atoms with E-state index in [4.69, 9.17) is 4.74 Å². The summed E-state index contributed by atoms with van der Waals surface area (Å²) >= 11 is 0. The zero-order valence-electron chi connectivity index (χ0n) is 9.77. The lowest BCUT2D eigenvalue weighted by Gasteiger charge is -2.34. The lowest BCUT2D eigenvalue weighted by Crippen LogP contribution is -2.47. The van der Waals surface area contributed by atoms with E-state index in [-0.39, 0.29) is 11.4 Å². The van der Waals surface area contributed by atoms with Gasteiger partial charge in [0, 0.05) is 38.3 Å². The Labute approximate surface area is 91.8 Å². The minimum Gasteiger partial charge on any atom is -0.381 e. The average Bonchev–Trinajstić information content (AvgIpc) is 2.19. The van der Waals surface area contributed by atoms with E-state index in [2.05, 4.69) is 17.6 Å². The first-order valence-electron chi connectivity index (χ1n) is 5.76. The first kappa shape index (κ1) is 12.5. The molecule has 15 heavy (non-hydrogen) atoms. The minimum absolute atomic E-state index is 0.126. The van der Waals surface area contributed by atoms with E-state index in [0.717, 1.165) is 32.6 Å². The van der Waals surface area contributed by atoms with E-state index in [1.807, 2.05) is 6.92 Å². The molecule has 1 rings (SSSR count). The summed E-state index contributed by atoms with van der Waals surface area (Å²) in [4.78, 5) is 11.2. The van der Waals surface area contributed by atoms with E-state index >= 15 is 0 Å². The van der Waals surface area contributed by atoms with Crippen molar-refractivity contribution in [3.05, 3.63) is 0 Å². The molecule has 0 aromatic heterocycles. The predicted molar refractivity (Wildman–Crippen MR) is 59.8 cm³/mol. The monoisotopic (exact) mass is 214 g/mol. The average molecular weight is 214 g/mol. The fourth-order valence-electron chi connectivity index (χ4n) is 1.76. The number of ether oxygens (including phenoxy) is 1. The molecule has 1 aliphatic heterocycles. The third-order valence-corrected chi connectivity index (χ3v) is 2.87. The van der Waals surface area contributed by atoms with Crippen LogP contribution in [0.4, 0.5) is 0 Å². The molecule has 4 nitrogen and oxygen atoms in total.